The molecule has 9 heteroatoms. The minimum Gasteiger partial charge on any atom is -0.481 e. The van der Waals surface area contributed by atoms with Gasteiger partial charge in [0.25, 0.3) is 0 Å². The zero-order chi connectivity index (χ0) is 28.7. The van der Waals surface area contributed by atoms with Gasteiger partial charge in [-0.1, -0.05) is 30.3 Å². The molecule has 214 valence electrons. The number of alkyl halides is 4. The van der Waals surface area contributed by atoms with Crippen molar-refractivity contribution in [3.05, 3.63) is 70.5 Å². The van der Waals surface area contributed by atoms with Gasteiger partial charge in [0.15, 0.2) is 0 Å². The quantitative estimate of drug-likeness (QED) is 0.425. The average Bonchev–Trinajstić information content (AvgIpc) is 3.20. The number of benzene rings is 2. The first-order valence-electron chi connectivity index (χ1n) is 13.9. The largest absolute Gasteiger partial charge is 0.481 e. The summed E-state index contributed by atoms with van der Waals surface area (Å²) in [6.07, 6.45) is -0.565. The molecule has 1 amide bonds. The van der Waals surface area contributed by atoms with Crippen molar-refractivity contribution in [1.29, 1.82) is 0 Å². The van der Waals surface area contributed by atoms with Gasteiger partial charge in [-0.25, -0.2) is 8.78 Å². The normalized spacial score (nSPS) is 32.5. The Kier molecular flexibility index (Phi) is 6.13. The van der Waals surface area contributed by atoms with Gasteiger partial charge >= 0.3 is 12.1 Å². The predicted octanol–water partition coefficient (Wildman–Crippen LogP) is 6.49. The first-order chi connectivity index (χ1) is 18.7. The number of aliphatic carboxylic acids is 1. The van der Waals surface area contributed by atoms with Crippen LogP contribution in [0, 0.1) is 23.1 Å². The zero-order valence-corrected chi connectivity index (χ0v) is 22.2. The van der Waals surface area contributed by atoms with Gasteiger partial charge in [-0.2, -0.15) is 13.2 Å². The summed E-state index contributed by atoms with van der Waals surface area (Å²) in [4.78, 5) is 26.9. The van der Waals surface area contributed by atoms with Gasteiger partial charge in [0.05, 0.1) is 5.92 Å². The maximum Gasteiger partial charge on any atom is 0.426 e. The minimum absolute atomic E-state index is 0.0454. The van der Waals surface area contributed by atoms with Crippen molar-refractivity contribution in [1.82, 2.24) is 4.90 Å². The van der Waals surface area contributed by atoms with Crippen molar-refractivity contribution < 1.29 is 36.6 Å². The van der Waals surface area contributed by atoms with E-state index in [0.717, 1.165) is 11.1 Å². The predicted molar refractivity (Wildman–Crippen MR) is 137 cm³/mol. The van der Waals surface area contributed by atoms with Crippen molar-refractivity contribution in [2.45, 2.75) is 81.6 Å². The van der Waals surface area contributed by atoms with Gasteiger partial charge in [-0.05, 0) is 98.1 Å². The highest BCUT2D eigenvalue weighted by Crippen LogP contribution is 2.62. The highest BCUT2D eigenvalue weighted by atomic mass is 19.4. The van der Waals surface area contributed by atoms with Crippen molar-refractivity contribution in [3.8, 4) is 0 Å². The third-order valence-electron chi connectivity index (χ3n) is 10.3. The second-order valence-electron chi connectivity index (χ2n) is 12.7. The van der Waals surface area contributed by atoms with E-state index >= 15 is 0 Å². The molecule has 2 saturated carbocycles. The summed E-state index contributed by atoms with van der Waals surface area (Å²) >= 11 is 0. The summed E-state index contributed by atoms with van der Waals surface area (Å²) in [7, 11) is 0. The first kappa shape index (κ1) is 27.2. The van der Waals surface area contributed by atoms with E-state index in [2.05, 4.69) is 0 Å². The van der Waals surface area contributed by atoms with Gasteiger partial charge < -0.3 is 10.0 Å². The Morgan fingerprint density at radius 2 is 1.73 bits per heavy atom. The molecule has 3 atom stereocenters. The molecule has 1 saturated heterocycles. The summed E-state index contributed by atoms with van der Waals surface area (Å²) in [5, 5.41) is 9.24. The molecule has 2 aromatic rings. The molecule has 4 aliphatic rings. The highest BCUT2D eigenvalue weighted by Gasteiger charge is 2.60. The van der Waals surface area contributed by atoms with Gasteiger partial charge in [-0.3, -0.25) is 9.59 Å². The van der Waals surface area contributed by atoms with Gasteiger partial charge in [0.1, 0.15) is 5.82 Å². The van der Waals surface area contributed by atoms with E-state index in [1.807, 2.05) is 11.0 Å². The molecule has 4 nitrogen and oxygen atoms in total. The molecule has 0 aromatic heterocycles. The maximum atomic E-state index is 14.9. The fraction of sp³-hybridized carbons (Fsp3) is 0.548. The molecule has 1 spiro atoms. The molecule has 1 N–H and O–H groups in total. The molecule has 6 rings (SSSR count). The van der Waals surface area contributed by atoms with Gasteiger partial charge in [0, 0.05) is 23.9 Å². The Balaban J connectivity index is 1.30. The van der Waals surface area contributed by atoms with Crippen molar-refractivity contribution in [2.24, 2.45) is 17.3 Å². The van der Waals surface area contributed by atoms with Crippen molar-refractivity contribution in [3.63, 3.8) is 0 Å². The fourth-order valence-corrected chi connectivity index (χ4v) is 8.19. The Labute approximate surface area is 229 Å². The fourth-order valence-electron chi connectivity index (χ4n) is 8.19. The average molecular weight is 562 g/mol. The molecular formula is C31H32F5NO3. The lowest BCUT2D eigenvalue weighted by Crippen LogP contribution is -2.56. The van der Waals surface area contributed by atoms with E-state index in [1.54, 1.807) is 12.1 Å². The highest BCUT2D eigenvalue weighted by molar-refractivity contribution is 5.82. The topological polar surface area (TPSA) is 57.6 Å². The summed E-state index contributed by atoms with van der Waals surface area (Å²) in [6.45, 7) is 1.01. The molecule has 3 unspecified atom stereocenters. The van der Waals surface area contributed by atoms with Crippen LogP contribution in [0.5, 0.6) is 0 Å². The Bertz CT molecular complexity index is 1360. The number of likely N-dealkylation sites (tertiary alicyclic amines) is 1. The lowest BCUT2D eigenvalue weighted by Gasteiger charge is -2.57. The molecule has 1 heterocycles. The molecule has 3 aliphatic carbocycles. The van der Waals surface area contributed by atoms with E-state index in [0.29, 0.717) is 70.4 Å². The zero-order valence-electron chi connectivity index (χ0n) is 22.2. The summed E-state index contributed by atoms with van der Waals surface area (Å²) in [6, 6.07) is 10.1. The van der Waals surface area contributed by atoms with Crippen LogP contribution in [0.15, 0.2) is 42.5 Å². The number of fused-ring (bicyclic) bond motifs is 3. The smallest absolute Gasteiger partial charge is 0.426 e. The van der Waals surface area contributed by atoms with Crippen LogP contribution in [0.3, 0.4) is 0 Å². The second kappa shape index (κ2) is 9.02. The van der Waals surface area contributed by atoms with E-state index in [9.17, 15) is 36.6 Å². The van der Waals surface area contributed by atoms with E-state index < -0.39 is 28.8 Å². The van der Waals surface area contributed by atoms with E-state index in [-0.39, 0.29) is 35.0 Å². The van der Waals surface area contributed by atoms with Crippen LogP contribution in [0.25, 0.3) is 0 Å². The lowest BCUT2D eigenvalue weighted by atomic mass is 9.48. The molecule has 40 heavy (non-hydrogen) atoms. The number of carbonyl (C=O) groups excluding carboxylic acids is 1. The van der Waals surface area contributed by atoms with E-state index in [1.165, 1.54) is 24.3 Å². The summed E-state index contributed by atoms with van der Waals surface area (Å²) < 4.78 is 69.5. The third-order valence-corrected chi connectivity index (χ3v) is 10.3. The maximum absolute atomic E-state index is 14.9. The SMILES string of the molecule is CC(F)(c1ccc2c(c1)CCC1N(C(=O)C3CC4(CC(C(=O)O)C4)C3)CCC21Cc1cccc(F)c1)C(F)(F)F. The number of hydrogen-bond acceptors (Lipinski definition) is 2. The minimum atomic E-state index is -5.06. The molecule has 0 radical (unpaired) electrons. The van der Waals surface area contributed by atoms with Crippen LogP contribution in [-0.4, -0.2) is 40.6 Å². The van der Waals surface area contributed by atoms with Crippen LogP contribution >= 0.6 is 0 Å². The first-order valence-corrected chi connectivity index (χ1v) is 13.9. The van der Waals surface area contributed by atoms with E-state index in [4.69, 9.17) is 0 Å². The number of nitrogens with zero attached hydrogens (tertiary/aromatic N) is 1. The molecule has 1 aliphatic heterocycles. The number of aryl methyl sites for hydroxylation is 1. The van der Waals surface area contributed by atoms with Crippen molar-refractivity contribution in [2.75, 3.05) is 6.54 Å². The van der Waals surface area contributed by atoms with Gasteiger partial charge in [-0.15, -0.1) is 0 Å². The number of carboxylic acids is 1. The molecule has 2 aromatic carbocycles. The van der Waals surface area contributed by atoms with Crippen LogP contribution in [0.4, 0.5) is 22.0 Å². The van der Waals surface area contributed by atoms with Crippen LogP contribution in [-0.2, 0) is 33.5 Å². The monoisotopic (exact) mass is 561 g/mol. The van der Waals surface area contributed by atoms with Crippen molar-refractivity contribution >= 4 is 11.9 Å². The number of carboxylic acid groups (broad SMARTS) is 1. The summed E-state index contributed by atoms with van der Waals surface area (Å²) in [5.74, 6) is -1.62. The lowest BCUT2D eigenvalue weighted by molar-refractivity contribution is -0.228. The number of halogens is 5. The van der Waals surface area contributed by atoms with Crippen LogP contribution < -0.4 is 0 Å². The van der Waals surface area contributed by atoms with Crippen LogP contribution in [0.2, 0.25) is 0 Å². The number of amides is 1. The number of hydrogen-bond donors (Lipinski definition) is 1. The molecular weight excluding hydrogens is 529 g/mol. The molecule has 0 bridgehead atoms. The van der Waals surface area contributed by atoms with Crippen LogP contribution in [0.1, 0.15) is 67.7 Å². The number of rotatable bonds is 5. The Morgan fingerprint density at radius 3 is 2.38 bits per heavy atom. The van der Waals surface area contributed by atoms with Gasteiger partial charge in [0.2, 0.25) is 11.6 Å². The Hall–Kier alpha value is -2.97. The second-order valence-corrected chi connectivity index (χ2v) is 12.7. The third kappa shape index (κ3) is 4.14. The standard InChI is InChI=1S/C31H32F5NO3/c1-28(33,31(34,35)36)22-6-7-24-19(12-22)5-8-25-30(24,13-18-3-2-4-23(32)11-18)9-10-37(25)26(38)20-14-29(15-20)16-21(17-29)27(39)40/h2-4,6-7,11-12,20-21,25H,5,8-10,13-17H2,1H3,(H,39,40). The summed E-state index contributed by atoms with van der Waals surface area (Å²) in [5.41, 5.74) is -2.43. The Morgan fingerprint density at radius 1 is 1.02 bits per heavy atom. The molecule has 3 fully saturated rings. The number of carbonyl (C=O) groups is 2.